The van der Waals surface area contributed by atoms with E-state index in [-0.39, 0.29) is 0 Å². The molecule has 1 aromatic heterocycles. The van der Waals surface area contributed by atoms with E-state index in [0.717, 1.165) is 9.35 Å². The van der Waals surface area contributed by atoms with Crippen molar-refractivity contribution in [3.05, 3.63) is 49.6 Å². The Morgan fingerprint density at radius 3 is 2.71 bits per heavy atom. The van der Waals surface area contributed by atoms with E-state index in [2.05, 4.69) is 15.9 Å². The van der Waals surface area contributed by atoms with Crippen molar-refractivity contribution in [2.24, 2.45) is 0 Å². The van der Waals surface area contributed by atoms with Crippen LogP contribution in [0.3, 0.4) is 0 Å². The first-order valence-electron chi connectivity index (χ1n) is 4.88. The van der Waals surface area contributed by atoms with E-state index < -0.39 is 6.10 Å². The summed E-state index contributed by atoms with van der Waals surface area (Å²) in [6, 6.07) is 7.16. The zero-order chi connectivity index (χ0) is 12.4. The minimum atomic E-state index is -0.720. The highest BCUT2D eigenvalue weighted by Crippen LogP contribution is 2.36. The minimum absolute atomic E-state index is 0.497. The van der Waals surface area contributed by atoms with Gasteiger partial charge in [0, 0.05) is 10.0 Å². The Hall–Kier alpha value is -0.550. The Morgan fingerprint density at radius 2 is 2.18 bits per heavy atom. The molecule has 1 N–H and O–H groups in total. The number of methoxy groups -OCH3 is 1. The van der Waals surface area contributed by atoms with Crippen molar-refractivity contribution < 1.29 is 9.84 Å². The van der Waals surface area contributed by atoms with E-state index in [1.54, 1.807) is 25.3 Å². The Kier molecular flexibility index (Phi) is 4.09. The maximum Gasteiger partial charge on any atom is 0.120 e. The van der Waals surface area contributed by atoms with Crippen molar-refractivity contribution in [1.82, 2.24) is 0 Å². The molecule has 0 fully saturated rings. The summed E-state index contributed by atoms with van der Waals surface area (Å²) in [7, 11) is 1.58. The fourth-order valence-electron chi connectivity index (χ4n) is 1.50. The normalized spacial score (nSPS) is 12.5. The van der Waals surface area contributed by atoms with E-state index in [4.69, 9.17) is 16.3 Å². The van der Waals surface area contributed by atoms with Crippen molar-refractivity contribution in [3.63, 3.8) is 0 Å². The fourth-order valence-corrected chi connectivity index (χ4v) is 3.36. The summed E-state index contributed by atoms with van der Waals surface area (Å²) >= 11 is 11.0. The van der Waals surface area contributed by atoms with Gasteiger partial charge in [0.15, 0.2) is 0 Å². The molecule has 0 saturated heterocycles. The number of hydrogen-bond donors (Lipinski definition) is 1. The summed E-state index contributed by atoms with van der Waals surface area (Å²) in [6.07, 6.45) is -0.720. The number of hydrogen-bond acceptors (Lipinski definition) is 3. The van der Waals surface area contributed by atoms with Crippen molar-refractivity contribution in [2.45, 2.75) is 6.10 Å². The average molecular weight is 334 g/mol. The summed E-state index contributed by atoms with van der Waals surface area (Å²) in [6.45, 7) is 0. The molecule has 0 amide bonds. The molecule has 0 aliphatic carbocycles. The molecule has 0 radical (unpaired) electrons. The molecular weight excluding hydrogens is 324 g/mol. The van der Waals surface area contributed by atoms with Gasteiger partial charge in [-0.25, -0.2) is 0 Å². The van der Waals surface area contributed by atoms with Crippen LogP contribution in [0.4, 0.5) is 0 Å². The summed E-state index contributed by atoms with van der Waals surface area (Å²) in [5.74, 6) is 0.677. The third-order valence-corrected chi connectivity index (χ3v) is 4.65. The zero-order valence-electron chi connectivity index (χ0n) is 8.98. The van der Waals surface area contributed by atoms with Crippen LogP contribution in [0.2, 0.25) is 5.02 Å². The quantitative estimate of drug-likeness (QED) is 0.909. The van der Waals surface area contributed by atoms with E-state index in [0.29, 0.717) is 16.3 Å². The zero-order valence-corrected chi connectivity index (χ0v) is 12.1. The molecule has 17 heavy (non-hydrogen) atoms. The molecule has 0 saturated carbocycles. The largest absolute Gasteiger partial charge is 0.497 e. The second kappa shape index (κ2) is 5.40. The van der Waals surface area contributed by atoms with Crippen molar-refractivity contribution in [2.75, 3.05) is 7.11 Å². The van der Waals surface area contributed by atoms with Crippen LogP contribution in [-0.4, -0.2) is 12.2 Å². The molecule has 2 rings (SSSR count). The first-order valence-corrected chi connectivity index (χ1v) is 6.93. The maximum atomic E-state index is 10.3. The van der Waals surface area contributed by atoms with Gasteiger partial charge < -0.3 is 9.84 Å². The summed E-state index contributed by atoms with van der Waals surface area (Å²) in [5, 5.41) is 12.7. The molecule has 1 atom stereocenters. The molecule has 0 spiro atoms. The fraction of sp³-hybridized carbons (Fsp3) is 0.167. The number of ether oxygens (including phenoxy) is 1. The van der Waals surface area contributed by atoms with Gasteiger partial charge in [0.2, 0.25) is 0 Å². The number of thiophene rings is 1. The van der Waals surface area contributed by atoms with Crippen LogP contribution >= 0.6 is 38.9 Å². The second-order valence-electron chi connectivity index (χ2n) is 3.42. The summed E-state index contributed by atoms with van der Waals surface area (Å²) < 4.78 is 5.96. The molecule has 0 aliphatic heterocycles. The predicted molar refractivity (Wildman–Crippen MR) is 74.1 cm³/mol. The molecule has 1 aromatic carbocycles. The van der Waals surface area contributed by atoms with E-state index >= 15 is 0 Å². The van der Waals surface area contributed by atoms with E-state index in [9.17, 15) is 5.11 Å². The monoisotopic (exact) mass is 332 g/mol. The molecule has 0 aliphatic rings. The first kappa shape index (κ1) is 12.9. The van der Waals surface area contributed by atoms with Crippen LogP contribution in [-0.2, 0) is 0 Å². The van der Waals surface area contributed by atoms with Crippen LogP contribution < -0.4 is 4.74 Å². The summed E-state index contributed by atoms with van der Waals surface area (Å²) in [5.41, 5.74) is 0.676. The number of aliphatic hydroxyl groups excluding tert-OH is 1. The lowest BCUT2D eigenvalue weighted by Gasteiger charge is -2.12. The van der Waals surface area contributed by atoms with Crippen LogP contribution in [0, 0.1) is 0 Å². The van der Waals surface area contributed by atoms with Crippen LogP contribution in [0.15, 0.2) is 34.1 Å². The molecule has 5 heteroatoms. The third kappa shape index (κ3) is 2.65. The standard InChI is InChI=1S/C12H10BrClO2S/c1-16-7-2-3-8(10(14)6-7)11(15)12-9(13)4-5-17-12/h2-6,11,15H,1H3. The van der Waals surface area contributed by atoms with Crippen molar-refractivity contribution >= 4 is 38.9 Å². The number of halogens is 2. The van der Waals surface area contributed by atoms with Gasteiger partial charge >= 0.3 is 0 Å². The van der Waals surface area contributed by atoms with Gasteiger partial charge in [0.1, 0.15) is 11.9 Å². The highest BCUT2D eigenvalue weighted by atomic mass is 79.9. The van der Waals surface area contributed by atoms with Gasteiger partial charge in [-0.2, -0.15) is 0 Å². The Bertz CT molecular complexity index is 527. The second-order valence-corrected chi connectivity index (χ2v) is 5.63. The number of aliphatic hydroxyl groups is 1. The molecule has 90 valence electrons. The van der Waals surface area contributed by atoms with Crippen molar-refractivity contribution in [3.8, 4) is 5.75 Å². The van der Waals surface area contributed by atoms with Gasteiger partial charge in [0.05, 0.1) is 17.0 Å². The SMILES string of the molecule is COc1ccc(C(O)c2sccc2Br)c(Cl)c1. The highest BCUT2D eigenvalue weighted by Gasteiger charge is 2.18. The maximum absolute atomic E-state index is 10.3. The smallest absolute Gasteiger partial charge is 0.120 e. The Labute approximate surface area is 117 Å². The van der Waals surface area contributed by atoms with Gasteiger partial charge in [0.25, 0.3) is 0 Å². The van der Waals surface area contributed by atoms with Gasteiger partial charge in [-0.15, -0.1) is 11.3 Å². The minimum Gasteiger partial charge on any atom is -0.497 e. The molecular formula is C12H10BrClO2S. The van der Waals surface area contributed by atoms with Gasteiger partial charge in [-0.05, 0) is 39.5 Å². The molecule has 1 unspecified atom stereocenters. The van der Waals surface area contributed by atoms with Crippen LogP contribution in [0.1, 0.15) is 16.5 Å². The van der Waals surface area contributed by atoms with Crippen molar-refractivity contribution in [1.29, 1.82) is 0 Å². The Morgan fingerprint density at radius 1 is 1.41 bits per heavy atom. The average Bonchev–Trinajstić information content (AvgIpc) is 2.74. The van der Waals surface area contributed by atoms with Crippen LogP contribution in [0.5, 0.6) is 5.75 Å². The topological polar surface area (TPSA) is 29.5 Å². The van der Waals surface area contributed by atoms with Gasteiger partial charge in [-0.3, -0.25) is 0 Å². The molecule has 0 bridgehead atoms. The Balaban J connectivity index is 2.38. The third-order valence-electron chi connectivity index (χ3n) is 2.40. The molecule has 1 heterocycles. The summed E-state index contributed by atoms with van der Waals surface area (Å²) in [4.78, 5) is 0.845. The predicted octanol–water partition coefficient (Wildman–Crippen LogP) is 4.25. The van der Waals surface area contributed by atoms with Crippen LogP contribution in [0.25, 0.3) is 0 Å². The van der Waals surface area contributed by atoms with E-state index in [1.165, 1.54) is 11.3 Å². The molecule has 2 nitrogen and oxygen atoms in total. The molecule has 2 aromatic rings. The van der Waals surface area contributed by atoms with E-state index in [1.807, 2.05) is 11.4 Å². The lowest BCUT2D eigenvalue weighted by molar-refractivity contribution is 0.223. The number of benzene rings is 1. The number of rotatable bonds is 3. The lowest BCUT2D eigenvalue weighted by Crippen LogP contribution is -1.99. The highest BCUT2D eigenvalue weighted by molar-refractivity contribution is 9.10. The van der Waals surface area contributed by atoms with Gasteiger partial charge in [-0.1, -0.05) is 17.7 Å². The first-order chi connectivity index (χ1) is 8.13. The lowest BCUT2D eigenvalue weighted by atomic mass is 10.1.